The molecule has 9 aromatic carbocycles. The van der Waals surface area contributed by atoms with Gasteiger partial charge in [-0.15, -0.1) is 0 Å². The number of rotatable bonds is 7. The average Bonchev–Trinajstić information content (AvgIpc) is 3.58. The maximum absolute atomic E-state index is 2.46. The number of hydrogen-bond donors (Lipinski definition) is 0. The summed E-state index contributed by atoms with van der Waals surface area (Å²) in [7, 11) is 0. The molecule has 254 valence electrons. The van der Waals surface area contributed by atoms with Crippen LogP contribution in [-0.2, 0) is 0 Å². The number of fused-ring (bicyclic) bond motifs is 4. The third-order valence-corrected chi connectivity index (χ3v) is 10.6. The lowest BCUT2D eigenvalue weighted by Gasteiger charge is -2.30. The highest BCUT2D eigenvalue weighted by molar-refractivity contribution is 6.12. The molecular formula is C52H36N2. The summed E-state index contributed by atoms with van der Waals surface area (Å²) in [4.78, 5) is 2.46. The van der Waals surface area contributed by atoms with Crippen LogP contribution >= 0.6 is 0 Å². The van der Waals surface area contributed by atoms with Crippen molar-refractivity contribution in [3.05, 3.63) is 218 Å². The zero-order valence-corrected chi connectivity index (χ0v) is 29.7. The van der Waals surface area contributed by atoms with Crippen molar-refractivity contribution in [2.45, 2.75) is 0 Å². The van der Waals surface area contributed by atoms with E-state index in [4.69, 9.17) is 0 Å². The summed E-state index contributed by atoms with van der Waals surface area (Å²) in [5, 5.41) is 4.86. The zero-order valence-electron chi connectivity index (χ0n) is 29.7. The predicted molar refractivity (Wildman–Crippen MR) is 229 cm³/mol. The van der Waals surface area contributed by atoms with E-state index in [0.717, 1.165) is 28.3 Å². The van der Waals surface area contributed by atoms with Gasteiger partial charge in [-0.25, -0.2) is 0 Å². The second-order valence-electron chi connectivity index (χ2n) is 13.7. The average molecular weight is 689 g/mol. The number of para-hydroxylation sites is 3. The van der Waals surface area contributed by atoms with Crippen molar-refractivity contribution in [1.82, 2.24) is 4.57 Å². The molecule has 2 nitrogen and oxygen atoms in total. The van der Waals surface area contributed by atoms with Gasteiger partial charge in [0.2, 0.25) is 0 Å². The Hall–Kier alpha value is -7.16. The molecule has 0 N–H and O–H groups in total. The van der Waals surface area contributed by atoms with Crippen LogP contribution in [0.25, 0.3) is 71.6 Å². The zero-order chi connectivity index (χ0) is 35.8. The molecule has 0 atom stereocenters. The van der Waals surface area contributed by atoms with Crippen LogP contribution in [-0.4, -0.2) is 4.57 Å². The lowest BCUT2D eigenvalue weighted by atomic mass is 9.95. The number of anilines is 3. The van der Waals surface area contributed by atoms with Gasteiger partial charge in [0.25, 0.3) is 0 Å². The minimum Gasteiger partial charge on any atom is -0.309 e. The summed E-state index contributed by atoms with van der Waals surface area (Å²) in [6.07, 6.45) is 0. The van der Waals surface area contributed by atoms with Gasteiger partial charge in [-0.1, -0.05) is 182 Å². The molecule has 0 saturated heterocycles. The smallest absolute Gasteiger partial charge is 0.0562 e. The topological polar surface area (TPSA) is 8.17 Å². The Labute approximate surface area is 315 Å². The van der Waals surface area contributed by atoms with Gasteiger partial charge in [0.05, 0.1) is 28.1 Å². The third-order valence-electron chi connectivity index (χ3n) is 10.6. The first-order valence-corrected chi connectivity index (χ1v) is 18.5. The van der Waals surface area contributed by atoms with Gasteiger partial charge in [-0.2, -0.15) is 0 Å². The van der Waals surface area contributed by atoms with Crippen LogP contribution in [0.15, 0.2) is 218 Å². The van der Waals surface area contributed by atoms with Gasteiger partial charge in [0, 0.05) is 33.0 Å². The molecule has 0 spiro atoms. The highest BCUT2D eigenvalue weighted by Crippen LogP contribution is 2.47. The van der Waals surface area contributed by atoms with E-state index in [1.54, 1.807) is 0 Å². The van der Waals surface area contributed by atoms with Crippen LogP contribution in [0.3, 0.4) is 0 Å². The number of aromatic nitrogens is 1. The van der Waals surface area contributed by atoms with Crippen molar-refractivity contribution in [1.29, 1.82) is 0 Å². The molecule has 0 saturated carbocycles. The maximum atomic E-state index is 2.46. The van der Waals surface area contributed by atoms with E-state index in [0.29, 0.717) is 0 Å². The molecule has 1 aromatic heterocycles. The Morgan fingerprint density at radius 1 is 0.296 bits per heavy atom. The molecule has 0 fully saturated rings. The largest absolute Gasteiger partial charge is 0.309 e. The van der Waals surface area contributed by atoms with Gasteiger partial charge in [-0.05, 0) is 64.0 Å². The summed E-state index contributed by atoms with van der Waals surface area (Å²) in [5.74, 6) is 0. The van der Waals surface area contributed by atoms with Crippen molar-refractivity contribution in [2.75, 3.05) is 4.90 Å². The van der Waals surface area contributed by atoms with Crippen LogP contribution < -0.4 is 4.90 Å². The first kappa shape index (κ1) is 31.6. The monoisotopic (exact) mass is 688 g/mol. The van der Waals surface area contributed by atoms with E-state index < -0.39 is 0 Å². The highest BCUT2D eigenvalue weighted by Gasteiger charge is 2.23. The standard InChI is InChI=1S/C52H36N2/c1-4-18-37(19-5-1)41-34-35-51(45-27-11-10-26-44(41)45)53(48-29-15-12-24-42(48)38-20-6-2-7-21-38)40-32-33-47-46-28-14-17-31-50(46)54(52(47)36-40)49-30-16-13-25-43(49)39-22-8-3-9-23-39/h1-36H. The number of nitrogens with zero attached hydrogens (tertiary/aromatic N) is 2. The fraction of sp³-hybridized carbons (Fsp3) is 0. The molecule has 0 unspecified atom stereocenters. The Morgan fingerprint density at radius 2 is 0.815 bits per heavy atom. The van der Waals surface area contributed by atoms with Gasteiger partial charge in [-0.3, -0.25) is 0 Å². The van der Waals surface area contributed by atoms with Crippen molar-refractivity contribution in [3.8, 4) is 39.1 Å². The van der Waals surface area contributed by atoms with E-state index in [1.807, 2.05) is 0 Å². The molecule has 2 heteroatoms. The van der Waals surface area contributed by atoms with Crippen molar-refractivity contribution >= 4 is 49.6 Å². The molecule has 0 aliphatic carbocycles. The van der Waals surface area contributed by atoms with Gasteiger partial charge < -0.3 is 9.47 Å². The minimum absolute atomic E-state index is 1.09. The highest BCUT2D eigenvalue weighted by atomic mass is 15.1. The molecule has 0 amide bonds. The van der Waals surface area contributed by atoms with Crippen LogP contribution in [0.2, 0.25) is 0 Å². The number of hydrogen-bond acceptors (Lipinski definition) is 1. The summed E-state index contributed by atoms with van der Waals surface area (Å²) < 4.78 is 2.45. The SMILES string of the molecule is c1ccc(-c2ccccc2N(c2ccc3c4ccccc4n(-c4ccccc4-c4ccccc4)c3c2)c2ccc(-c3ccccc3)c3ccccc23)cc1. The first-order chi connectivity index (χ1) is 26.8. The Kier molecular flexibility index (Phi) is 7.85. The summed E-state index contributed by atoms with van der Waals surface area (Å²) >= 11 is 0. The predicted octanol–water partition coefficient (Wildman–Crippen LogP) is 14.4. The normalized spacial score (nSPS) is 11.3. The Bertz CT molecular complexity index is 2930. The fourth-order valence-electron chi connectivity index (χ4n) is 8.17. The molecule has 1 heterocycles. The van der Waals surface area contributed by atoms with E-state index >= 15 is 0 Å². The van der Waals surface area contributed by atoms with Crippen LogP contribution in [0.4, 0.5) is 17.1 Å². The van der Waals surface area contributed by atoms with Gasteiger partial charge in [0.15, 0.2) is 0 Å². The summed E-state index contributed by atoms with van der Waals surface area (Å²) in [6.45, 7) is 0. The van der Waals surface area contributed by atoms with E-state index in [9.17, 15) is 0 Å². The lowest BCUT2D eigenvalue weighted by Crippen LogP contribution is -2.12. The second-order valence-corrected chi connectivity index (χ2v) is 13.7. The fourth-order valence-corrected chi connectivity index (χ4v) is 8.17. The Morgan fingerprint density at radius 3 is 1.54 bits per heavy atom. The summed E-state index contributed by atoms with van der Waals surface area (Å²) in [5.41, 5.74) is 14.0. The molecule has 0 aliphatic rings. The van der Waals surface area contributed by atoms with Crippen LogP contribution in [0.1, 0.15) is 0 Å². The van der Waals surface area contributed by atoms with Crippen LogP contribution in [0, 0.1) is 0 Å². The quantitative estimate of drug-likeness (QED) is 0.162. The molecule has 0 radical (unpaired) electrons. The van der Waals surface area contributed by atoms with Crippen molar-refractivity contribution in [3.63, 3.8) is 0 Å². The van der Waals surface area contributed by atoms with Crippen molar-refractivity contribution < 1.29 is 0 Å². The second kappa shape index (κ2) is 13.4. The van der Waals surface area contributed by atoms with Crippen LogP contribution in [0.5, 0.6) is 0 Å². The minimum atomic E-state index is 1.09. The molecule has 0 aliphatic heterocycles. The lowest BCUT2D eigenvalue weighted by molar-refractivity contribution is 1.18. The van der Waals surface area contributed by atoms with E-state index in [1.165, 1.54) is 60.4 Å². The van der Waals surface area contributed by atoms with Gasteiger partial charge in [0.1, 0.15) is 0 Å². The Balaban J connectivity index is 1.27. The molecule has 10 aromatic rings. The molecule has 54 heavy (non-hydrogen) atoms. The van der Waals surface area contributed by atoms with E-state index in [2.05, 4.69) is 228 Å². The molecular weight excluding hydrogens is 653 g/mol. The van der Waals surface area contributed by atoms with Gasteiger partial charge >= 0.3 is 0 Å². The van der Waals surface area contributed by atoms with Crippen molar-refractivity contribution in [2.24, 2.45) is 0 Å². The first-order valence-electron chi connectivity index (χ1n) is 18.5. The number of benzene rings is 9. The molecule has 0 bridgehead atoms. The maximum Gasteiger partial charge on any atom is 0.0562 e. The van der Waals surface area contributed by atoms with E-state index in [-0.39, 0.29) is 0 Å². The third kappa shape index (κ3) is 5.36. The summed E-state index contributed by atoms with van der Waals surface area (Å²) in [6, 6.07) is 78.9. The molecule has 10 rings (SSSR count).